The van der Waals surface area contributed by atoms with Crippen molar-refractivity contribution in [2.45, 2.75) is 18.9 Å². The smallest absolute Gasteiger partial charge is 0.652 e. The van der Waals surface area contributed by atoms with Gasteiger partial charge >= 0.3 is 103 Å². The Morgan fingerprint density at radius 1 is 1.25 bits per heavy atom. The van der Waals surface area contributed by atoms with Crippen molar-refractivity contribution in [2.24, 2.45) is 5.73 Å². The van der Waals surface area contributed by atoms with Crippen LogP contribution in [0.5, 0.6) is 0 Å². The summed E-state index contributed by atoms with van der Waals surface area (Å²) < 4.78 is 0. The standard InChI is InChI=1S/C9H11N.CH2O3.2K/c10-9-6-5-7-3-1-2-4-8(7)9;2-1(3)4;;/h1-4,9H,5-6,10H2;(H2,2,3,4);;/q;;2*+1/p-2. The van der Waals surface area contributed by atoms with Crippen LogP contribution in [0.1, 0.15) is 23.6 Å². The first-order valence-corrected chi connectivity index (χ1v) is 4.32. The van der Waals surface area contributed by atoms with Crippen LogP contribution in [0.4, 0.5) is 4.79 Å². The van der Waals surface area contributed by atoms with Crippen LogP contribution < -0.4 is 119 Å². The minimum absolute atomic E-state index is 0. The quantitative estimate of drug-likeness (QED) is 0.475. The van der Waals surface area contributed by atoms with Gasteiger partial charge in [0.2, 0.25) is 0 Å². The molecule has 1 aromatic rings. The molecule has 0 fully saturated rings. The molecular weight excluding hydrogens is 260 g/mol. The van der Waals surface area contributed by atoms with Crippen molar-refractivity contribution < 1.29 is 118 Å². The molecule has 2 N–H and O–H groups in total. The topological polar surface area (TPSA) is 89.2 Å². The predicted octanol–water partition coefficient (Wildman–Crippen LogP) is -6.81. The fraction of sp³-hybridized carbons (Fsp3) is 0.300. The minimum atomic E-state index is -2.33. The van der Waals surface area contributed by atoms with E-state index in [9.17, 15) is 0 Å². The van der Waals surface area contributed by atoms with E-state index in [1.165, 1.54) is 11.1 Å². The maximum atomic E-state index is 8.33. The van der Waals surface area contributed by atoms with E-state index >= 15 is 0 Å². The molecule has 0 heterocycles. The molecule has 2 rings (SSSR count). The third-order valence-electron chi connectivity index (χ3n) is 2.18. The number of carbonyl (C=O) groups is 1. The average molecular weight is 271 g/mol. The Morgan fingerprint density at radius 3 is 2.25 bits per heavy atom. The molecule has 0 saturated carbocycles. The summed E-state index contributed by atoms with van der Waals surface area (Å²) in [5.41, 5.74) is 8.64. The fourth-order valence-corrected chi connectivity index (χ4v) is 1.59. The zero-order valence-electron chi connectivity index (χ0n) is 9.60. The van der Waals surface area contributed by atoms with E-state index in [1.807, 2.05) is 0 Å². The number of nitrogens with two attached hydrogens (primary N) is 1. The van der Waals surface area contributed by atoms with Gasteiger partial charge in [0, 0.05) is 6.04 Å². The molecule has 0 aromatic heterocycles. The zero-order chi connectivity index (χ0) is 10.6. The Morgan fingerprint density at radius 2 is 1.75 bits per heavy atom. The van der Waals surface area contributed by atoms with Crippen LogP contribution in [-0.2, 0) is 6.42 Å². The number of carbonyl (C=O) groups excluding carboxylic acids is 1. The van der Waals surface area contributed by atoms with Crippen molar-refractivity contribution in [1.82, 2.24) is 0 Å². The Hall–Kier alpha value is 1.72. The molecule has 1 aliphatic rings. The molecule has 1 unspecified atom stereocenters. The molecule has 0 radical (unpaired) electrons. The molecule has 0 amide bonds. The van der Waals surface area contributed by atoms with E-state index in [-0.39, 0.29) is 103 Å². The van der Waals surface area contributed by atoms with E-state index in [0.717, 1.165) is 12.8 Å². The van der Waals surface area contributed by atoms with Crippen LogP contribution in [0.3, 0.4) is 0 Å². The number of aryl methyl sites for hydroxylation is 1. The molecule has 4 nitrogen and oxygen atoms in total. The predicted molar refractivity (Wildman–Crippen MR) is 47.1 cm³/mol. The van der Waals surface area contributed by atoms with Gasteiger partial charge in [-0.3, -0.25) is 0 Å². The fourth-order valence-electron chi connectivity index (χ4n) is 1.59. The largest absolute Gasteiger partial charge is 1.00 e. The summed E-state index contributed by atoms with van der Waals surface area (Å²) in [4.78, 5) is 8.33. The van der Waals surface area contributed by atoms with Gasteiger partial charge in [0.15, 0.2) is 0 Å². The van der Waals surface area contributed by atoms with E-state index in [1.54, 1.807) is 0 Å². The maximum absolute atomic E-state index is 8.33. The van der Waals surface area contributed by atoms with Gasteiger partial charge in [-0.2, -0.15) is 0 Å². The van der Waals surface area contributed by atoms with Gasteiger partial charge in [0.25, 0.3) is 0 Å². The number of rotatable bonds is 0. The van der Waals surface area contributed by atoms with Crippen LogP contribution in [-0.4, -0.2) is 6.16 Å². The Balaban J connectivity index is 0. The molecule has 0 aliphatic heterocycles. The normalized spacial score (nSPS) is 15.7. The van der Waals surface area contributed by atoms with Crippen molar-refractivity contribution in [3.63, 3.8) is 0 Å². The molecule has 1 aromatic carbocycles. The van der Waals surface area contributed by atoms with Crippen LogP contribution in [0.15, 0.2) is 24.3 Å². The second-order valence-corrected chi connectivity index (χ2v) is 3.09. The first-order valence-electron chi connectivity index (χ1n) is 4.32. The molecule has 0 spiro atoms. The van der Waals surface area contributed by atoms with Gasteiger partial charge in [-0.15, -0.1) is 0 Å². The summed E-state index contributed by atoms with van der Waals surface area (Å²) in [6.45, 7) is 0. The molecule has 0 saturated heterocycles. The molecule has 76 valence electrons. The minimum Gasteiger partial charge on any atom is -0.652 e. The number of benzene rings is 1. The second-order valence-electron chi connectivity index (χ2n) is 3.09. The van der Waals surface area contributed by atoms with E-state index in [2.05, 4.69) is 24.3 Å². The summed E-state index contributed by atoms with van der Waals surface area (Å²) >= 11 is 0. The first-order chi connectivity index (χ1) is 6.61. The molecule has 16 heavy (non-hydrogen) atoms. The summed E-state index contributed by atoms with van der Waals surface area (Å²) in [5.74, 6) is 0. The van der Waals surface area contributed by atoms with Gasteiger partial charge in [-0.1, -0.05) is 24.3 Å². The van der Waals surface area contributed by atoms with Crippen LogP contribution >= 0.6 is 0 Å². The van der Waals surface area contributed by atoms with Crippen molar-refractivity contribution in [3.8, 4) is 0 Å². The Bertz CT molecular complexity index is 330. The molecule has 1 aliphatic carbocycles. The first kappa shape index (κ1) is 20.0. The summed E-state index contributed by atoms with van der Waals surface area (Å²) in [6, 6.07) is 8.74. The Kier molecular flexibility index (Phi) is 13.3. The number of carboxylic acid groups (broad SMARTS) is 2. The number of hydrogen-bond donors (Lipinski definition) is 1. The van der Waals surface area contributed by atoms with Gasteiger partial charge in [-0.05, 0) is 30.1 Å². The summed E-state index contributed by atoms with van der Waals surface area (Å²) in [7, 11) is 0. The monoisotopic (exact) mass is 271 g/mol. The van der Waals surface area contributed by atoms with Crippen molar-refractivity contribution in [2.75, 3.05) is 0 Å². The van der Waals surface area contributed by atoms with Crippen LogP contribution in [0.25, 0.3) is 0 Å². The van der Waals surface area contributed by atoms with Crippen molar-refractivity contribution in [3.05, 3.63) is 35.4 Å². The molecule has 0 bridgehead atoms. The van der Waals surface area contributed by atoms with Crippen molar-refractivity contribution in [1.29, 1.82) is 0 Å². The summed E-state index contributed by atoms with van der Waals surface area (Å²) in [5, 5.41) is 16.7. The Labute approximate surface area is 180 Å². The zero-order valence-corrected chi connectivity index (χ0v) is 15.8. The van der Waals surface area contributed by atoms with Crippen LogP contribution in [0, 0.1) is 0 Å². The van der Waals surface area contributed by atoms with Crippen molar-refractivity contribution >= 4 is 6.16 Å². The number of hydrogen-bond acceptors (Lipinski definition) is 4. The summed E-state index contributed by atoms with van der Waals surface area (Å²) in [6.07, 6.45) is -0.0450. The van der Waals surface area contributed by atoms with Gasteiger partial charge in [0.1, 0.15) is 0 Å². The van der Waals surface area contributed by atoms with Gasteiger partial charge in [0.05, 0.1) is 0 Å². The van der Waals surface area contributed by atoms with E-state index in [4.69, 9.17) is 20.7 Å². The second kappa shape index (κ2) is 10.6. The third-order valence-corrected chi connectivity index (χ3v) is 2.18. The number of fused-ring (bicyclic) bond motifs is 1. The van der Waals surface area contributed by atoms with Crippen LogP contribution in [0.2, 0.25) is 0 Å². The molecule has 1 atom stereocenters. The third kappa shape index (κ3) is 7.22. The van der Waals surface area contributed by atoms with E-state index in [0.29, 0.717) is 6.04 Å². The van der Waals surface area contributed by atoms with Gasteiger partial charge in [-0.25, -0.2) is 0 Å². The SMILES string of the molecule is NC1CCc2ccccc21.O=C([O-])[O-].[K+].[K+]. The van der Waals surface area contributed by atoms with E-state index < -0.39 is 6.16 Å². The molecule has 6 heteroatoms. The van der Waals surface area contributed by atoms with Gasteiger partial charge < -0.3 is 20.7 Å². The molecular formula is C10H11K2NO3. The average Bonchev–Trinajstić information content (AvgIpc) is 2.48. The maximum Gasteiger partial charge on any atom is 1.00 e.